The molecule has 1 N–H and O–H groups in total. The molecule has 0 aliphatic rings. The minimum Gasteiger partial charge on any atom is -0.381 e. The van der Waals surface area contributed by atoms with E-state index in [2.05, 4.69) is 16.5 Å². The van der Waals surface area contributed by atoms with E-state index in [4.69, 9.17) is 16.9 Å². The second-order valence-corrected chi connectivity index (χ2v) is 4.38. The fourth-order valence-electron chi connectivity index (χ4n) is 1.76. The van der Waals surface area contributed by atoms with Gasteiger partial charge in [0.25, 0.3) is 0 Å². The summed E-state index contributed by atoms with van der Waals surface area (Å²) < 4.78 is 1.65. The van der Waals surface area contributed by atoms with E-state index in [1.807, 2.05) is 26.1 Å². The quantitative estimate of drug-likeness (QED) is 0.923. The number of halogens is 1. The number of nitriles is 1. The maximum absolute atomic E-state index is 8.83. The van der Waals surface area contributed by atoms with E-state index in [1.54, 1.807) is 16.8 Å². The molecule has 5 heteroatoms. The van der Waals surface area contributed by atoms with Gasteiger partial charge in [-0.15, -0.1) is 0 Å². The van der Waals surface area contributed by atoms with Gasteiger partial charge in [-0.2, -0.15) is 10.4 Å². The highest BCUT2D eigenvalue weighted by Gasteiger charge is 2.10. The highest BCUT2D eigenvalue weighted by atomic mass is 35.5. The van der Waals surface area contributed by atoms with E-state index in [9.17, 15) is 0 Å². The number of aromatic nitrogens is 2. The molecule has 18 heavy (non-hydrogen) atoms. The van der Waals surface area contributed by atoms with Gasteiger partial charge in [-0.3, -0.25) is 4.68 Å². The Kier molecular flexibility index (Phi) is 3.54. The molecule has 0 unspecified atom stereocenters. The van der Waals surface area contributed by atoms with Gasteiger partial charge in [0.05, 0.1) is 17.3 Å². The molecule has 0 amide bonds. The van der Waals surface area contributed by atoms with Gasteiger partial charge in [-0.1, -0.05) is 17.7 Å². The first-order valence-corrected chi connectivity index (χ1v) is 5.91. The molecule has 0 radical (unpaired) electrons. The summed E-state index contributed by atoms with van der Waals surface area (Å²) in [6.45, 7) is 2.52. The largest absolute Gasteiger partial charge is 0.381 e. The second-order valence-electron chi connectivity index (χ2n) is 4.02. The van der Waals surface area contributed by atoms with Crippen LogP contribution in [-0.4, -0.2) is 9.78 Å². The Labute approximate surface area is 111 Å². The number of nitrogens with zero attached hydrogens (tertiary/aromatic N) is 3. The average Bonchev–Trinajstić information content (AvgIpc) is 2.61. The molecule has 0 fully saturated rings. The van der Waals surface area contributed by atoms with Crippen LogP contribution in [0.4, 0.5) is 5.69 Å². The number of nitrogens with one attached hydrogen (secondary N) is 1. The topological polar surface area (TPSA) is 53.6 Å². The summed E-state index contributed by atoms with van der Waals surface area (Å²) in [6, 6.07) is 9.45. The maximum Gasteiger partial charge on any atom is 0.131 e. The Morgan fingerprint density at radius 1 is 1.50 bits per heavy atom. The van der Waals surface area contributed by atoms with Crippen LogP contribution in [0.2, 0.25) is 5.15 Å². The number of hydrogen-bond acceptors (Lipinski definition) is 3. The van der Waals surface area contributed by atoms with Crippen LogP contribution in [0.1, 0.15) is 16.8 Å². The maximum atomic E-state index is 8.83. The van der Waals surface area contributed by atoms with E-state index < -0.39 is 0 Å². The molecule has 2 rings (SSSR count). The van der Waals surface area contributed by atoms with Crippen molar-refractivity contribution in [3.8, 4) is 6.07 Å². The summed E-state index contributed by atoms with van der Waals surface area (Å²) in [5.74, 6) is 0. The molecule has 0 aliphatic carbocycles. The van der Waals surface area contributed by atoms with Crippen LogP contribution in [0.3, 0.4) is 0 Å². The molecular formula is C13H13ClN4. The van der Waals surface area contributed by atoms with Gasteiger partial charge in [0.15, 0.2) is 0 Å². The van der Waals surface area contributed by atoms with Crippen molar-refractivity contribution in [3.63, 3.8) is 0 Å². The minimum absolute atomic E-state index is 0.591. The van der Waals surface area contributed by atoms with Crippen molar-refractivity contribution in [2.45, 2.75) is 13.5 Å². The molecule has 1 aromatic carbocycles. The summed E-state index contributed by atoms with van der Waals surface area (Å²) in [4.78, 5) is 0. The highest BCUT2D eigenvalue weighted by Crippen LogP contribution is 2.20. The van der Waals surface area contributed by atoms with Crippen LogP contribution < -0.4 is 5.32 Å². The van der Waals surface area contributed by atoms with Gasteiger partial charge in [0.2, 0.25) is 0 Å². The molecule has 0 saturated carbocycles. The van der Waals surface area contributed by atoms with Crippen molar-refractivity contribution in [2.75, 3.05) is 5.32 Å². The lowest BCUT2D eigenvalue weighted by atomic mass is 10.2. The van der Waals surface area contributed by atoms with Crippen LogP contribution >= 0.6 is 11.6 Å². The van der Waals surface area contributed by atoms with E-state index in [-0.39, 0.29) is 0 Å². The summed E-state index contributed by atoms with van der Waals surface area (Å²) >= 11 is 6.15. The van der Waals surface area contributed by atoms with Crippen LogP contribution in [0, 0.1) is 18.3 Å². The monoisotopic (exact) mass is 260 g/mol. The SMILES string of the molecule is Cc1nn(C)c(Cl)c1CNc1cccc(C#N)c1. The zero-order valence-electron chi connectivity index (χ0n) is 10.2. The first-order valence-electron chi connectivity index (χ1n) is 5.54. The number of aryl methyl sites for hydroxylation is 2. The molecule has 0 spiro atoms. The van der Waals surface area contributed by atoms with E-state index >= 15 is 0 Å². The third-order valence-electron chi connectivity index (χ3n) is 2.73. The summed E-state index contributed by atoms with van der Waals surface area (Å²) in [7, 11) is 1.81. The molecule has 92 valence electrons. The third-order valence-corrected chi connectivity index (χ3v) is 3.20. The van der Waals surface area contributed by atoms with Crippen molar-refractivity contribution < 1.29 is 0 Å². The lowest BCUT2D eigenvalue weighted by Gasteiger charge is -2.06. The number of benzene rings is 1. The highest BCUT2D eigenvalue weighted by molar-refractivity contribution is 6.30. The fourth-order valence-corrected chi connectivity index (χ4v) is 2.01. The Bertz CT molecular complexity index is 610. The Morgan fingerprint density at radius 2 is 2.28 bits per heavy atom. The number of hydrogen-bond donors (Lipinski definition) is 1. The lowest BCUT2D eigenvalue weighted by molar-refractivity contribution is 0.757. The van der Waals surface area contributed by atoms with Crippen LogP contribution in [0.25, 0.3) is 0 Å². The minimum atomic E-state index is 0.591. The predicted octanol–water partition coefficient (Wildman–Crippen LogP) is 2.87. The molecule has 1 aromatic heterocycles. The molecule has 0 bridgehead atoms. The lowest BCUT2D eigenvalue weighted by Crippen LogP contribution is -2.00. The fraction of sp³-hybridized carbons (Fsp3) is 0.231. The molecule has 1 heterocycles. The normalized spacial score (nSPS) is 10.1. The summed E-state index contributed by atoms with van der Waals surface area (Å²) in [5.41, 5.74) is 3.41. The third kappa shape index (κ3) is 2.47. The standard InChI is InChI=1S/C13H13ClN4/c1-9-12(13(14)18(2)17-9)8-16-11-5-3-4-10(6-11)7-15/h3-6,16H,8H2,1-2H3. The molecule has 2 aromatic rings. The van der Waals surface area contributed by atoms with Crippen molar-refractivity contribution in [2.24, 2.45) is 7.05 Å². The van der Waals surface area contributed by atoms with Gasteiger partial charge in [-0.25, -0.2) is 0 Å². The first kappa shape index (κ1) is 12.5. The Morgan fingerprint density at radius 3 is 2.89 bits per heavy atom. The van der Waals surface area contributed by atoms with Gasteiger partial charge < -0.3 is 5.32 Å². The Balaban J connectivity index is 2.14. The zero-order chi connectivity index (χ0) is 13.1. The smallest absolute Gasteiger partial charge is 0.131 e. The molecular weight excluding hydrogens is 248 g/mol. The number of rotatable bonds is 3. The summed E-state index contributed by atoms with van der Waals surface area (Å²) in [5, 5.41) is 17.0. The molecule has 4 nitrogen and oxygen atoms in total. The molecule has 0 aliphatic heterocycles. The van der Waals surface area contributed by atoms with Crippen molar-refractivity contribution in [3.05, 3.63) is 46.2 Å². The van der Waals surface area contributed by atoms with Crippen molar-refractivity contribution in [1.29, 1.82) is 5.26 Å². The van der Waals surface area contributed by atoms with E-state index in [1.165, 1.54) is 0 Å². The van der Waals surface area contributed by atoms with Crippen LogP contribution in [-0.2, 0) is 13.6 Å². The second kappa shape index (κ2) is 5.11. The molecule has 0 saturated heterocycles. The number of anilines is 1. The van der Waals surface area contributed by atoms with Crippen molar-refractivity contribution >= 4 is 17.3 Å². The average molecular weight is 261 g/mol. The summed E-state index contributed by atoms with van der Waals surface area (Å²) in [6.07, 6.45) is 0. The van der Waals surface area contributed by atoms with Gasteiger partial charge in [0, 0.05) is 24.8 Å². The predicted molar refractivity (Wildman–Crippen MR) is 71.4 cm³/mol. The zero-order valence-corrected chi connectivity index (χ0v) is 11.0. The van der Waals surface area contributed by atoms with E-state index in [0.717, 1.165) is 16.9 Å². The van der Waals surface area contributed by atoms with Crippen molar-refractivity contribution in [1.82, 2.24) is 9.78 Å². The van der Waals surface area contributed by atoms with Gasteiger partial charge >= 0.3 is 0 Å². The van der Waals surface area contributed by atoms with Crippen LogP contribution in [0.15, 0.2) is 24.3 Å². The van der Waals surface area contributed by atoms with E-state index in [0.29, 0.717) is 17.3 Å². The van der Waals surface area contributed by atoms with Gasteiger partial charge in [-0.05, 0) is 25.1 Å². The first-order chi connectivity index (χ1) is 8.61. The molecule has 0 atom stereocenters. The van der Waals surface area contributed by atoms with Crippen LogP contribution in [0.5, 0.6) is 0 Å². The van der Waals surface area contributed by atoms with Gasteiger partial charge in [0.1, 0.15) is 5.15 Å². The Hall–Kier alpha value is -1.99.